The lowest BCUT2D eigenvalue weighted by molar-refractivity contribution is 0.122. The molecule has 118 valence electrons. The Morgan fingerprint density at radius 3 is 2.30 bits per heavy atom. The summed E-state index contributed by atoms with van der Waals surface area (Å²) in [6, 6.07) is 0. The van der Waals surface area contributed by atoms with Gasteiger partial charge in [-0.05, 0) is 84.7 Å². The fourth-order valence-corrected chi connectivity index (χ4v) is 3.41. The Labute approximate surface area is 124 Å². The zero-order valence-electron chi connectivity index (χ0n) is 13.4. The van der Waals surface area contributed by atoms with Gasteiger partial charge in [0.15, 0.2) is 0 Å². The summed E-state index contributed by atoms with van der Waals surface area (Å²) in [5.41, 5.74) is -0.119. The van der Waals surface area contributed by atoms with Gasteiger partial charge in [-0.2, -0.15) is 0 Å². The second-order valence-electron chi connectivity index (χ2n) is 7.01. The van der Waals surface area contributed by atoms with Crippen LogP contribution >= 0.6 is 0 Å². The van der Waals surface area contributed by atoms with Crippen molar-refractivity contribution < 1.29 is 5.11 Å². The van der Waals surface area contributed by atoms with Crippen LogP contribution in [0.4, 0.5) is 0 Å². The molecule has 0 saturated carbocycles. The van der Waals surface area contributed by atoms with E-state index in [-0.39, 0.29) is 12.1 Å². The fourth-order valence-electron chi connectivity index (χ4n) is 3.41. The van der Waals surface area contributed by atoms with E-state index in [2.05, 4.69) is 22.0 Å². The van der Waals surface area contributed by atoms with E-state index in [0.29, 0.717) is 0 Å². The molecular weight excluding hydrogens is 250 g/mol. The van der Waals surface area contributed by atoms with Gasteiger partial charge in [-0.1, -0.05) is 0 Å². The van der Waals surface area contributed by atoms with Gasteiger partial charge in [0.25, 0.3) is 0 Å². The Morgan fingerprint density at radius 1 is 1.10 bits per heavy atom. The highest BCUT2D eigenvalue weighted by molar-refractivity contribution is 4.83. The van der Waals surface area contributed by atoms with E-state index in [9.17, 15) is 5.11 Å². The molecule has 2 saturated heterocycles. The van der Waals surface area contributed by atoms with Crippen LogP contribution < -0.4 is 5.32 Å². The molecule has 0 amide bonds. The molecule has 2 heterocycles. The summed E-state index contributed by atoms with van der Waals surface area (Å²) >= 11 is 0. The molecule has 0 bridgehead atoms. The first-order valence-corrected chi connectivity index (χ1v) is 8.40. The predicted octanol–water partition coefficient (Wildman–Crippen LogP) is 1.15. The van der Waals surface area contributed by atoms with Gasteiger partial charge in [-0.15, -0.1) is 0 Å². The second kappa shape index (κ2) is 7.74. The average molecular weight is 283 g/mol. The van der Waals surface area contributed by atoms with Gasteiger partial charge < -0.3 is 20.2 Å². The number of aliphatic hydroxyl groups excluding tert-OH is 1. The summed E-state index contributed by atoms with van der Waals surface area (Å²) in [7, 11) is 1.94. The van der Waals surface area contributed by atoms with Crippen LogP contribution in [0, 0.1) is 5.92 Å². The lowest BCUT2D eigenvalue weighted by atomic mass is 9.94. The van der Waals surface area contributed by atoms with Crippen molar-refractivity contribution in [3.63, 3.8) is 0 Å². The van der Waals surface area contributed by atoms with Crippen LogP contribution in [0.2, 0.25) is 0 Å². The first kappa shape index (κ1) is 16.2. The molecule has 2 fully saturated rings. The van der Waals surface area contributed by atoms with E-state index in [0.717, 1.165) is 18.9 Å². The summed E-state index contributed by atoms with van der Waals surface area (Å²) in [6.07, 6.45) is 6.54. The molecule has 4 nitrogen and oxygen atoms in total. The van der Waals surface area contributed by atoms with Crippen molar-refractivity contribution in [1.82, 2.24) is 15.1 Å². The Kier molecular flexibility index (Phi) is 6.27. The summed E-state index contributed by atoms with van der Waals surface area (Å²) in [5.74, 6) is 0.915. The maximum atomic E-state index is 9.43. The Hall–Kier alpha value is -0.160. The third-order valence-electron chi connectivity index (χ3n) is 5.35. The third kappa shape index (κ3) is 4.69. The normalized spacial score (nSPS) is 25.9. The van der Waals surface area contributed by atoms with Crippen LogP contribution in [-0.2, 0) is 0 Å². The first-order valence-electron chi connectivity index (χ1n) is 8.40. The molecule has 4 heteroatoms. The number of rotatable bonds is 7. The van der Waals surface area contributed by atoms with Gasteiger partial charge in [0.05, 0.1) is 6.61 Å². The number of hydrogen-bond donors (Lipinski definition) is 2. The summed E-state index contributed by atoms with van der Waals surface area (Å²) < 4.78 is 0. The van der Waals surface area contributed by atoms with Gasteiger partial charge in [-0.25, -0.2) is 0 Å². The van der Waals surface area contributed by atoms with E-state index in [1.165, 1.54) is 58.4 Å². The molecule has 2 rings (SSSR count). The molecule has 0 aromatic carbocycles. The number of nitrogens with zero attached hydrogens (tertiary/aromatic N) is 2. The predicted molar refractivity (Wildman–Crippen MR) is 84.0 cm³/mol. The van der Waals surface area contributed by atoms with Crippen LogP contribution in [-0.4, -0.2) is 73.4 Å². The van der Waals surface area contributed by atoms with Crippen molar-refractivity contribution >= 4 is 0 Å². The van der Waals surface area contributed by atoms with Crippen molar-refractivity contribution in [3.05, 3.63) is 0 Å². The van der Waals surface area contributed by atoms with Crippen LogP contribution in [0.3, 0.4) is 0 Å². The molecule has 1 atom stereocenters. The van der Waals surface area contributed by atoms with Gasteiger partial charge in [0, 0.05) is 12.1 Å². The van der Waals surface area contributed by atoms with E-state index in [4.69, 9.17) is 0 Å². The average Bonchev–Trinajstić information content (AvgIpc) is 2.99. The van der Waals surface area contributed by atoms with Crippen LogP contribution in [0.1, 0.15) is 39.0 Å². The highest BCUT2D eigenvalue weighted by Gasteiger charge is 2.25. The Morgan fingerprint density at radius 2 is 1.75 bits per heavy atom. The molecule has 0 spiro atoms. The molecule has 0 aromatic rings. The number of nitrogens with one attached hydrogen (secondary N) is 1. The number of aliphatic hydroxyl groups is 1. The van der Waals surface area contributed by atoms with E-state index in [1.807, 2.05) is 7.05 Å². The number of hydrogen-bond acceptors (Lipinski definition) is 4. The minimum Gasteiger partial charge on any atom is -0.394 e. The van der Waals surface area contributed by atoms with Gasteiger partial charge in [0.2, 0.25) is 0 Å². The summed E-state index contributed by atoms with van der Waals surface area (Å²) in [4.78, 5) is 5.23. The van der Waals surface area contributed by atoms with E-state index >= 15 is 0 Å². The largest absolute Gasteiger partial charge is 0.394 e. The van der Waals surface area contributed by atoms with Crippen molar-refractivity contribution in [1.29, 1.82) is 0 Å². The zero-order valence-corrected chi connectivity index (χ0v) is 13.4. The molecule has 1 unspecified atom stereocenters. The Bertz CT molecular complexity index is 267. The van der Waals surface area contributed by atoms with E-state index < -0.39 is 0 Å². The minimum atomic E-state index is -0.119. The number of likely N-dealkylation sites (N-methyl/N-ethyl adjacent to an activating group) is 1. The molecule has 2 N–H and O–H groups in total. The highest BCUT2D eigenvalue weighted by atomic mass is 16.3. The number of piperidine rings is 1. The van der Waals surface area contributed by atoms with Crippen molar-refractivity contribution in [2.24, 2.45) is 5.92 Å². The van der Waals surface area contributed by atoms with Gasteiger partial charge in [-0.3, -0.25) is 0 Å². The van der Waals surface area contributed by atoms with Gasteiger partial charge >= 0.3 is 0 Å². The molecule has 0 aromatic heterocycles. The summed E-state index contributed by atoms with van der Waals surface area (Å²) in [6.45, 7) is 9.90. The fraction of sp³-hybridized carbons (Fsp3) is 1.00. The van der Waals surface area contributed by atoms with Crippen molar-refractivity contribution in [2.75, 3.05) is 52.9 Å². The van der Waals surface area contributed by atoms with E-state index in [1.54, 1.807) is 0 Å². The molecule has 2 aliphatic rings. The third-order valence-corrected chi connectivity index (χ3v) is 5.35. The topological polar surface area (TPSA) is 38.7 Å². The first-order chi connectivity index (χ1) is 9.65. The maximum absolute atomic E-state index is 9.43. The quantitative estimate of drug-likeness (QED) is 0.735. The Balaban J connectivity index is 1.63. The van der Waals surface area contributed by atoms with Crippen LogP contribution in [0.25, 0.3) is 0 Å². The van der Waals surface area contributed by atoms with Crippen LogP contribution in [0.15, 0.2) is 0 Å². The zero-order chi connectivity index (χ0) is 14.4. The highest BCUT2D eigenvalue weighted by Crippen LogP contribution is 2.21. The lowest BCUT2D eigenvalue weighted by Gasteiger charge is -2.36. The smallest absolute Gasteiger partial charge is 0.0610 e. The molecular formula is C16H33N3O. The molecule has 20 heavy (non-hydrogen) atoms. The lowest BCUT2D eigenvalue weighted by Crippen LogP contribution is -2.47. The monoisotopic (exact) mass is 283 g/mol. The van der Waals surface area contributed by atoms with Crippen molar-refractivity contribution in [2.45, 2.75) is 44.6 Å². The maximum Gasteiger partial charge on any atom is 0.0610 e. The molecule has 0 radical (unpaired) electrons. The minimum absolute atomic E-state index is 0.119. The SMILES string of the molecule is CNC(C)(CO)CCN1CCC(CN2CCCC2)CC1. The molecule has 0 aliphatic carbocycles. The standard InChI is InChI=1S/C16H33N3O/c1-16(14-20,17-2)7-12-18-10-5-15(6-11-18)13-19-8-3-4-9-19/h15,17,20H,3-14H2,1-2H3. The van der Waals surface area contributed by atoms with Gasteiger partial charge in [0.1, 0.15) is 0 Å². The number of likely N-dealkylation sites (tertiary alicyclic amines) is 2. The second-order valence-corrected chi connectivity index (χ2v) is 7.01. The van der Waals surface area contributed by atoms with Crippen molar-refractivity contribution in [3.8, 4) is 0 Å². The summed E-state index contributed by atoms with van der Waals surface area (Å²) in [5, 5.41) is 12.7. The molecule has 2 aliphatic heterocycles. The van der Waals surface area contributed by atoms with Crippen LogP contribution in [0.5, 0.6) is 0 Å².